The minimum absolute atomic E-state index is 0.182. The molecule has 3 fully saturated rings. The molecule has 7 atom stereocenters. The lowest BCUT2D eigenvalue weighted by atomic mass is 9.46. The molecule has 0 radical (unpaired) electrons. The van der Waals surface area contributed by atoms with Gasteiger partial charge in [-0.1, -0.05) is 34.6 Å². The van der Waals surface area contributed by atoms with Crippen LogP contribution in [0.1, 0.15) is 105 Å². The molecule has 0 spiro atoms. The maximum atomic E-state index is 12.2. The van der Waals surface area contributed by atoms with Crippen molar-refractivity contribution in [3.05, 3.63) is 11.3 Å². The summed E-state index contributed by atoms with van der Waals surface area (Å²) in [5.74, 6) is 5.32. The van der Waals surface area contributed by atoms with E-state index in [0.29, 0.717) is 17.1 Å². The van der Waals surface area contributed by atoms with Gasteiger partial charge in [-0.2, -0.15) is 0 Å². The zero-order valence-corrected chi connectivity index (χ0v) is 19.6. The normalized spacial score (nSPS) is 43.0. The summed E-state index contributed by atoms with van der Waals surface area (Å²) in [6, 6.07) is 0. The highest BCUT2D eigenvalue weighted by atomic mass is 16.3. The molecule has 0 aromatic heterocycles. The number of carbonyl (C=O) groups is 1. The monoisotopic (exact) mass is 400 g/mol. The van der Waals surface area contributed by atoms with Gasteiger partial charge in [-0.15, -0.1) is 0 Å². The molecular weight excluding hydrogens is 356 g/mol. The van der Waals surface area contributed by atoms with Crippen molar-refractivity contribution in [3.8, 4) is 0 Å². The minimum Gasteiger partial charge on any atom is -0.512 e. The first-order valence-electron chi connectivity index (χ1n) is 12.6. The fraction of sp³-hybridized carbons (Fsp3) is 0.889. The average Bonchev–Trinajstić information content (AvgIpc) is 3.03. The Morgan fingerprint density at radius 1 is 1.03 bits per heavy atom. The van der Waals surface area contributed by atoms with E-state index in [2.05, 4.69) is 20.8 Å². The predicted octanol–water partition coefficient (Wildman–Crippen LogP) is 7.48. The van der Waals surface area contributed by atoms with Crippen LogP contribution in [0.3, 0.4) is 0 Å². The van der Waals surface area contributed by atoms with Crippen molar-refractivity contribution in [3.63, 3.8) is 0 Å². The average molecular weight is 401 g/mol. The second-order valence-electron chi connectivity index (χ2n) is 12.0. The number of ketones is 1. The molecule has 29 heavy (non-hydrogen) atoms. The molecular formula is C27H44O2. The second-order valence-corrected chi connectivity index (χ2v) is 12.0. The summed E-state index contributed by atoms with van der Waals surface area (Å²) >= 11 is 0. The first-order valence-corrected chi connectivity index (χ1v) is 12.6. The highest BCUT2D eigenvalue weighted by molar-refractivity contribution is 5.80. The molecule has 0 saturated heterocycles. The number of hydrogen-bond donors (Lipinski definition) is 1. The molecule has 1 N–H and O–H groups in total. The molecule has 3 saturated carbocycles. The quantitative estimate of drug-likeness (QED) is 0.519. The Morgan fingerprint density at radius 2 is 1.79 bits per heavy atom. The molecule has 4 rings (SSSR count). The number of hydrogen-bond acceptors (Lipinski definition) is 2. The van der Waals surface area contributed by atoms with Crippen LogP contribution >= 0.6 is 0 Å². The third kappa shape index (κ3) is 3.41. The van der Waals surface area contributed by atoms with E-state index in [1.54, 1.807) is 0 Å². The Balaban J connectivity index is 1.50. The van der Waals surface area contributed by atoms with E-state index >= 15 is 0 Å². The molecule has 4 aliphatic rings. The van der Waals surface area contributed by atoms with Gasteiger partial charge < -0.3 is 5.11 Å². The highest BCUT2D eigenvalue weighted by Gasteiger charge is 2.59. The van der Waals surface area contributed by atoms with E-state index < -0.39 is 0 Å². The fourth-order valence-electron chi connectivity index (χ4n) is 8.72. The van der Waals surface area contributed by atoms with Crippen molar-refractivity contribution < 1.29 is 9.90 Å². The lowest BCUT2D eigenvalue weighted by molar-refractivity contribution is -0.122. The van der Waals surface area contributed by atoms with E-state index in [1.807, 2.05) is 13.8 Å². The van der Waals surface area contributed by atoms with Crippen molar-refractivity contribution in [2.24, 2.45) is 46.3 Å². The topological polar surface area (TPSA) is 37.3 Å². The van der Waals surface area contributed by atoms with Crippen LogP contribution in [-0.4, -0.2) is 10.9 Å². The lowest BCUT2D eigenvalue weighted by Gasteiger charge is -2.58. The summed E-state index contributed by atoms with van der Waals surface area (Å²) in [5.41, 5.74) is 2.17. The maximum Gasteiger partial charge on any atom is 0.135 e. The SMILES string of the molecule is CC(C)C(=O)CC[C@@H](C)[C@H]1CC[C@H]2[C@@H]3CCC4=C(O)CCC[C@]4(C)[C@H]3CC[C@]12C. The number of allylic oxidation sites excluding steroid dienone is 2. The van der Waals surface area contributed by atoms with Crippen LogP contribution in [-0.2, 0) is 4.79 Å². The first kappa shape index (κ1) is 21.4. The van der Waals surface area contributed by atoms with Gasteiger partial charge in [0.25, 0.3) is 0 Å². The Morgan fingerprint density at radius 3 is 2.52 bits per heavy atom. The van der Waals surface area contributed by atoms with Crippen molar-refractivity contribution >= 4 is 5.78 Å². The Bertz CT molecular complexity index is 676. The van der Waals surface area contributed by atoms with Gasteiger partial charge in [0.1, 0.15) is 5.78 Å². The van der Waals surface area contributed by atoms with Gasteiger partial charge in [-0.25, -0.2) is 0 Å². The summed E-state index contributed by atoms with van der Waals surface area (Å²) in [6.07, 6.45) is 13.1. The van der Waals surface area contributed by atoms with Crippen LogP contribution < -0.4 is 0 Å². The largest absolute Gasteiger partial charge is 0.512 e. The molecule has 0 heterocycles. The Labute approximate surface area is 178 Å². The minimum atomic E-state index is 0.182. The standard InChI is InChI=1S/C27H44O2/c1-17(2)24(28)13-8-18(3)20-11-12-21-19-9-10-23-25(29)7-6-15-26(23,4)22(19)14-16-27(20,21)5/h17-22,29H,6-16H2,1-5H3/t18-,19+,20-,21+,22+,26-,27-/m1/s1. The van der Waals surface area contributed by atoms with Gasteiger partial charge in [-0.3, -0.25) is 4.79 Å². The lowest BCUT2D eigenvalue weighted by Crippen LogP contribution is -2.50. The molecule has 0 bridgehead atoms. The molecule has 0 aliphatic heterocycles. The summed E-state index contributed by atoms with van der Waals surface area (Å²) in [5, 5.41) is 10.6. The van der Waals surface area contributed by atoms with Gasteiger partial charge in [0.2, 0.25) is 0 Å². The molecule has 2 heteroatoms. The third-order valence-electron chi connectivity index (χ3n) is 10.4. The van der Waals surface area contributed by atoms with Gasteiger partial charge in [0.15, 0.2) is 0 Å². The number of aliphatic hydroxyl groups is 1. The van der Waals surface area contributed by atoms with Crippen LogP contribution in [0.15, 0.2) is 11.3 Å². The van der Waals surface area contributed by atoms with E-state index in [0.717, 1.165) is 55.1 Å². The van der Waals surface area contributed by atoms with Crippen molar-refractivity contribution in [1.29, 1.82) is 0 Å². The zero-order chi connectivity index (χ0) is 21.0. The highest BCUT2D eigenvalue weighted by Crippen LogP contribution is 2.68. The molecule has 0 aromatic rings. The Hall–Kier alpha value is -0.790. The summed E-state index contributed by atoms with van der Waals surface area (Å²) in [7, 11) is 0. The molecule has 2 nitrogen and oxygen atoms in total. The van der Waals surface area contributed by atoms with Crippen LogP contribution in [0.2, 0.25) is 0 Å². The summed E-state index contributed by atoms with van der Waals surface area (Å²) in [4.78, 5) is 12.2. The Kier molecular flexibility index (Phi) is 5.71. The molecule has 4 aliphatic carbocycles. The van der Waals surface area contributed by atoms with Gasteiger partial charge in [0, 0.05) is 18.8 Å². The van der Waals surface area contributed by atoms with E-state index in [9.17, 15) is 9.90 Å². The van der Waals surface area contributed by atoms with Gasteiger partial charge >= 0.3 is 0 Å². The van der Waals surface area contributed by atoms with Crippen LogP contribution in [0, 0.1) is 46.3 Å². The van der Waals surface area contributed by atoms with Gasteiger partial charge in [0.05, 0.1) is 5.76 Å². The fourth-order valence-corrected chi connectivity index (χ4v) is 8.72. The number of rotatable bonds is 5. The van der Waals surface area contributed by atoms with Crippen molar-refractivity contribution in [2.45, 2.75) is 105 Å². The van der Waals surface area contributed by atoms with E-state index in [4.69, 9.17) is 0 Å². The number of fused-ring (bicyclic) bond motifs is 5. The van der Waals surface area contributed by atoms with E-state index in [1.165, 1.54) is 50.5 Å². The number of carbonyl (C=O) groups excluding carboxylic acids is 1. The molecule has 0 unspecified atom stereocenters. The number of aliphatic hydroxyl groups excluding tert-OH is 1. The van der Waals surface area contributed by atoms with Crippen LogP contribution in [0.4, 0.5) is 0 Å². The molecule has 164 valence electrons. The third-order valence-corrected chi connectivity index (χ3v) is 10.4. The molecule has 0 amide bonds. The van der Waals surface area contributed by atoms with Crippen molar-refractivity contribution in [2.75, 3.05) is 0 Å². The zero-order valence-electron chi connectivity index (χ0n) is 19.6. The first-order chi connectivity index (χ1) is 13.7. The van der Waals surface area contributed by atoms with Gasteiger partial charge in [-0.05, 0) is 104 Å². The second kappa shape index (κ2) is 7.72. The van der Waals surface area contributed by atoms with E-state index in [-0.39, 0.29) is 11.3 Å². The predicted molar refractivity (Wildman–Crippen MR) is 120 cm³/mol. The summed E-state index contributed by atoms with van der Waals surface area (Å²) < 4.78 is 0. The smallest absolute Gasteiger partial charge is 0.135 e. The summed E-state index contributed by atoms with van der Waals surface area (Å²) in [6.45, 7) is 11.6. The van der Waals surface area contributed by atoms with Crippen LogP contribution in [0.25, 0.3) is 0 Å². The maximum absolute atomic E-state index is 12.2. The van der Waals surface area contributed by atoms with Crippen LogP contribution in [0.5, 0.6) is 0 Å². The van der Waals surface area contributed by atoms with Crippen molar-refractivity contribution in [1.82, 2.24) is 0 Å². The molecule has 0 aromatic carbocycles. The number of Topliss-reactive ketones (excluding diaryl/α,β-unsaturated/α-hetero) is 1.